The van der Waals surface area contributed by atoms with Crippen molar-refractivity contribution in [1.29, 1.82) is 0 Å². The second kappa shape index (κ2) is 15.8. The molecule has 1 N–H and O–H groups in total. The molecule has 0 saturated carbocycles. The zero-order valence-electron chi connectivity index (χ0n) is 41.2. The van der Waals surface area contributed by atoms with E-state index in [-0.39, 0.29) is 6.23 Å². The fraction of sp³-hybridized carbons (Fsp3) is 0.0455. The van der Waals surface area contributed by atoms with Gasteiger partial charge in [-0.2, -0.15) is 0 Å². The summed E-state index contributed by atoms with van der Waals surface area (Å²) in [5.74, 6) is 2.58. The molecular weight excluding hydrogens is 955 g/mol. The summed E-state index contributed by atoms with van der Waals surface area (Å²) in [6, 6.07) is 71.7. The summed E-state index contributed by atoms with van der Waals surface area (Å²) >= 11 is 0. The van der Waals surface area contributed by atoms with Gasteiger partial charge in [0.1, 0.15) is 22.3 Å². The molecule has 1 unspecified atom stereocenters. The van der Waals surface area contributed by atoms with E-state index in [0.717, 1.165) is 139 Å². The van der Waals surface area contributed by atoms with Gasteiger partial charge in [-0.3, -0.25) is 0 Å². The minimum absolute atomic E-state index is 0.332. The molecule has 10 aromatic carbocycles. The van der Waals surface area contributed by atoms with E-state index in [2.05, 4.69) is 141 Å². The third-order valence-electron chi connectivity index (χ3n) is 15.6. The quantitative estimate of drug-likeness (QED) is 0.168. The maximum Gasteiger partial charge on any atom is 0.227 e. The van der Waals surface area contributed by atoms with Crippen LogP contribution in [0.1, 0.15) is 18.7 Å². The van der Waals surface area contributed by atoms with Crippen LogP contribution >= 0.6 is 0 Å². The molecule has 11 heteroatoms. The van der Waals surface area contributed by atoms with Gasteiger partial charge in [-0.15, -0.1) is 0 Å². The minimum atomic E-state index is -0.332. The highest BCUT2D eigenvalue weighted by Gasteiger charge is 2.26. The molecule has 0 bridgehead atoms. The van der Waals surface area contributed by atoms with Crippen LogP contribution in [0, 0.1) is 0 Å². The van der Waals surface area contributed by atoms with Crippen molar-refractivity contribution in [2.45, 2.75) is 19.7 Å². The second-order valence-electron chi connectivity index (χ2n) is 19.9. The number of para-hydroxylation sites is 8. The number of aryl methyl sites for hydroxylation is 1. The van der Waals surface area contributed by atoms with Gasteiger partial charge in [-0.25, -0.2) is 15.0 Å². The molecule has 6 aromatic heterocycles. The van der Waals surface area contributed by atoms with Crippen molar-refractivity contribution in [1.82, 2.24) is 28.7 Å². The first-order valence-corrected chi connectivity index (χ1v) is 25.9. The summed E-state index contributed by atoms with van der Waals surface area (Å²) in [6.45, 7) is 3.03. The topological polar surface area (TPSA) is 114 Å². The van der Waals surface area contributed by atoms with Gasteiger partial charge in [0, 0.05) is 83.5 Å². The molecule has 0 radical (unpaired) electrons. The first kappa shape index (κ1) is 42.0. The fourth-order valence-electron chi connectivity index (χ4n) is 12.0. The van der Waals surface area contributed by atoms with E-state index < -0.39 is 0 Å². The summed E-state index contributed by atoms with van der Waals surface area (Å²) < 4.78 is 32.6. The van der Waals surface area contributed by atoms with Crippen LogP contribution in [0.5, 0.6) is 5.75 Å². The average Bonchev–Trinajstić information content (AvgIpc) is 4.48. The zero-order chi connectivity index (χ0) is 50.5. The number of aromatic nitrogens is 6. The van der Waals surface area contributed by atoms with Crippen molar-refractivity contribution in [3.05, 3.63) is 212 Å². The van der Waals surface area contributed by atoms with Crippen molar-refractivity contribution >= 4 is 104 Å². The lowest BCUT2D eigenvalue weighted by Crippen LogP contribution is -2.09. The van der Waals surface area contributed by atoms with Crippen LogP contribution in [0.2, 0.25) is 0 Å². The van der Waals surface area contributed by atoms with Crippen molar-refractivity contribution in [2.24, 2.45) is 0 Å². The lowest BCUT2D eigenvalue weighted by atomic mass is 10.1. The molecule has 0 aliphatic carbocycles. The highest BCUT2D eigenvalue weighted by molar-refractivity contribution is 6.15. The number of hydrogen-bond donors (Lipinski definition) is 1. The van der Waals surface area contributed by atoms with Gasteiger partial charge in [-0.05, 0) is 159 Å². The summed E-state index contributed by atoms with van der Waals surface area (Å²) in [7, 11) is 0. The van der Waals surface area contributed by atoms with E-state index in [4.69, 9.17) is 32.9 Å². The Hall–Kier alpha value is -10.4. The van der Waals surface area contributed by atoms with E-state index in [9.17, 15) is 0 Å². The summed E-state index contributed by atoms with van der Waals surface area (Å²) in [5, 5.41) is 10.2. The van der Waals surface area contributed by atoms with E-state index >= 15 is 0 Å². The van der Waals surface area contributed by atoms with Crippen LogP contribution in [0.25, 0.3) is 144 Å². The third-order valence-corrected chi connectivity index (χ3v) is 15.6. The number of oxazole rings is 3. The maximum absolute atomic E-state index is 6.47. The lowest BCUT2D eigenvalue weighted by molar-refractivity contribution is 0.260. The molecule has 17 rings (SSSR count). The average molecular weight is 996 g/mol. The van der Waals surface area contributed by atoms with Gasteiger partial charge < -0.3 is 37.0 Å². The van der Waals surface area contributed by atoms with Gasteiger partial charge in [0.15, 0.2) is 23.0 Å². The molecule has 0 fully saturated rings. The van der Waals surface area contributed by atoms with Gasteiger partial charge in [0.25, 0.3) is 0 Å². The molecule has 7 heterocycles. The van der Waals surface area contributed by atoms with Crippen LogP contribution in [0.3, 0.4) is 0 Å². The number of ether oxygens (including phenoxy) is 1. The predicted molar refractivity (Wildman–Crippen MR) is 306 cm³/mol. The predicted octanol–water partition coefficient (Wildman–Crippen LogP) is 16.9. The molecule has 364 valence electrons. The highest BCUT2D eigenvalue weighted by atomic mass is 16.5. The van der Waals surface area contributed by atoms with Crippen molar-refractivity contribution < 1.29 is 18.0 Å². The van der Waals surface area contributed by atoms with Crippen molar-refractivity contribution in [2.75, 3.05) is 5.32 Å². The Morgan fingerprint density at radius 3 is 1.26 bits per heavy atom. The molecule has 1 aliphatic heterocycles. The fourth-order valence-corrected chi connectivity index (χ4v) is 12.0. The first-order valence-electron chi connectivity index (χ1n) is 25.9. The number of anilines is 1. The molecule has 1 aliphatic rings. The molecule has 77 heavy (non-hydrogen) atoms. The molecule has 0 spiro atoms. The number of rotatable bonds is 7. The van der Waals surface area contributed by atoms with Gasteiger partial charge in [0.05, 0.1) is 27.8 Å². The monoisotopic (exact) mass is 995 g/mol. The van der Waals surface area contributed by atoms with E-state index in [0.29, 0.717) is 17.7 Å². The van der Waals surface area contributed by atoms with Crippen LogP contribution in [0.4, 0.5) is 5.69 Å². The smallest absolute Gasteiger partial charge is 0.227 e. The Kier molecular flexibility index (Phi) is 8.63. The Balaban J connectivity index is 0.849. The molecule has 16 aromatic rings. The second-order valence-corrected chi connectivity index (χ2v) is 19.9. The standard InChI is InChI=1S/C66H41N7O4/c1-2-71-53-29-23-41(72-55-25-19-37(63-67-49-11-3-7-15-59(49)74-63)31-43(55)44-32-38(20-26-56(44)72)64-68-50-12-4-8-16-60(50)75-64)35-47(53)48-36-42(24-30-54(48)71)73-57-27-21-39(65-69-51-13-5-9-17-61(51)76-65)33-45(57)46-34-40(22-28-58(46)73)66-70-52-14-6-10-18-62(52)77-66/h3-36,63,67H,2H2,1H3. The van der Waals surface area contributed by atoms with Gasteiger partial charge in [-0.1, -0.05) is 54.6 Å². The third kappa shape index (κ3) is 6.28. The summed E-state index contributed by atoms with van der Waals surface area (Å²) in [4.78, 5) is 14.7. The van der Waals surface area contributed by atoms with Crippen LogP contribution in [-0.2, 0) is 6.54 Å². The van der Waals surface area contributed by atoms with E-state index in [1.807, 2.05) is 91.0 Å². The van der Waals surface area contributed by atoms with Crippen LogP contribution in [0.15, 0.2) is 220 Å². The number of nitrogens with one attached hydrogen (secondary N) is 1. The molecule has 0 amide bonds. The van der Waals surface area contributed by atoms with Crippen LogP contribution < -0.4 is 10.1 Å². The van der Waals surface area contributed by atoms with Gasteiger partial charge in [0.2, 0.25) is 17.7 Å². The van der Waals surface area contributed by atoms with Crippen LogP contribution in [-0.4, -0.2) is 28.7 Å². The van der Waals surface area contributed by atoms with E-state index in [1.54, 1.807) is 0 Å². The van der Waals surface area contributed by atoms with Crippen molar-refractivity contribution in [3.8, 4) is 51.5 Å². The maximum atomic E-state index is 6.47. The first-order chi connectivity index (χ1) is 38.0. The number of hydrogen-bond acceptors (Lipinski definition) is 8. The Morgan fingerprint density at radius 1 is 0.403 bits per heavy atom. The molecule has 0 saturated heterocycles. The molecular formula is C66H41N7O4. The number of benzene rings is 10. The zero-order valence-corrected chi connectivity index (χ0v) is 41.2. The Bertz CT molecular complexity index is 4890. The van der Waals surface area contributed by atoms with E-state index in [1.165, 1.54) is 11.0 Å². The molecule has 11 nitrogen and oxygen atoms in total. The minimum Gasteiger partial charge on any atom is -0.464 e. The Labute approximate surface area is 437 Å². The number of nitrogens with zero attached hydrogens (tertiary/aromatic N) is 6. The van der Waals surface area contributed by atoms with Crippen molar-refractivity contribution in [3.63, 3.8) is 0 Å². The Morgan fingerprint density at radius 2 is 0.805 bits per heavy atom. The largest absolute Gasteiger partial charge is 0.464 e. The highest BCUT2D eigenvalue weighted by Crippen LogP contribution is 2.44. The lowest BCUT2D eigenvalue weighted by Gasteiger charge is -2.13. The summed E-state index contributed by atoms with van der Waals surface area (Å²) in [5.41, 5.74) is 18.1. The normalized spacial score (nSPS) is 13.6. The van der Waals surface area contributed by atoms with Gasteiger partial charge >= 0.3 is 0 Å². The number of fused-ring (bicyclic) bond motifs is 13. The summed E-state index contributed by atoms with van der Waals surface area (Å²) in [6.07, 6.45) is -0.332. The molecule has 1 atom stereocenters. The SMILES string of the molecule is CCn1c2ccc(-n3c4ccc(-c5nc6ccccc6o5)cc4c4cc(-c5nc6ccccc6o5)ccc43)cc2c2cc(-n3c4ccc(-c5nc6ccccc6o5)cc4c4cc(C5Nc6ccccc6O5)ccc43)ccc21.